The van der Waals surface area contributed by atoms with Crippen LogP contribution in [0.2, 0.25) is 0 Å². The Labute approximate surface area is 182 Å². The van der Waals surface area contributed by atoms with E-state index in [9.17, 15) is 5.26 Å². The zero-order valence-electron chi connectivity index (χ0n) is 17.5. The number of hydrogen-bond donors (Lipinski definition) is 1. The summed E-state index contributed by atoms with van der Waals surface area (Å²) in [6.07, 6.45) is 3.55. The average Bonchev–Trinajstić information content (AvgIpc) is 3.17. The number of nitrogens with zero attached hydrogens (tertiary/aromatic N) is 4. The van der Waals surface area contributed by atoms with E-state index in [4.69, 9.17) is 0 Å². The van der Waals surface area contributed by atoms with Crippen LogP contribution in [0, 0.1) is 11.3 Å². The van der Waals surface area contributed by atoms with E-state index in [0.29, 0.717) is 0 Å². The molecule has 154 valence electrons. The third-order valence-corrected chi connectivity index (χ3v) is 5.98. The Morgan fingerprint density at radius 3 is 2.48 bits per heavy atom. The summed E-state index contributed by atoms with van der Waals surface area (Å²) in [5, 5.41) is 24.3. The maximum Gasteiger partial charge on any atom is 0.0998 e. The molecular weight excluding hydrogens is 382 g/mol. The molecule has 2 heterocycles. The van der Waals surface area contributed by atoms with Gasteiger partial charge in [0.2, 0.25) is 0 Å². The summed E-state index contributed by atoms with van der Waals surface area (Å²) in [6, 6.07) is 27.0. The Morgan fingerprint density at radius 1 is 0.871 bits per heavy atom. The summed E-state index contributed by atoms with van der Waals surface area (Å²) in [5.41, 5.74) is 5.08. The maximum atomic E-state index is 9.54. The molecule has 0 amide bonds. The number of H-pyrrole nitrogens is 1. The number of nitriles is 1. The smallest absolute Gasteiger partial charge is 0.0998 e. The van der Waals surface area contributed by atoms with Gasteiger partial charge in [0.05, 0.1) is 35.3 Å². The number of aromatic amines is 1. The Morgan fingerprint density at radius 2 is 1.65 bits per heavy atom. The lowest BCUT2D eigenvalue weighted by molar-refractivity contribution is 0.250. The lowest BCUT2D eigenvalue weighted by Crippen LogP contribution is -2.42. The van der Waals surface area contributed by atoms with Gasteiger partial charge in [0, 0.05) is 29.4 Å². The van der Waals surface area contributed by atoms with Gasteiger partial charge in [-0.3, -0.25) is 5.10 Å². The van der Waals surface area contributed by atoms with Crippen molar-refractivity contribution in [3.05, 3.63) is 84.1 Å². The molecule has 5 heteroatoms. The van der Waals surface area contributed by atoms with Gasteiger partial charge in [-0.2, -0.15) is 10.4 Å². The van der Waals surface area contributed by atoms with Crippen LogP contribution in [0.4, 0.5) is 5.69 Å². The minimum absolute atomic E-state index is 0.724. The van der Waals surface area contributed by atoms with Gasteiger partial charge in [0.1, 0.15) is 0 Å². The number of hydrogen-bond acceptors (Lipinski definition) is 4. The van der Waals surface area contributed by atoms with Crippen LogP contribution < -0.4 is 5.01 Å². The molecule has 3 aromatic carbocycles. The molecule has 1 saturated heterocycles. The van der Waals surface area contributed by atoms with Crippen molar-refractivity contribution < 1.29 is 0 Å². The Kier molecular flexibility index (Phi) is 5.39. The molecule has 31 heavy (non-hydrogen) atoms. The first kappa shape index (κ1) is 19.3. The van der Waals surface area contributed by atoms with Gasteiger partial charge in [-0.15, -0.1) is 0 Å². The first-order valence-corrected chi connectivity index (χ1v) is 10.9. The average molecular weight is 408 g/mol. The van der Waals surface area contributed by atoms with Crippen molar-refractivity contribution in [1.82, 2.24) is 15.2 Å². The topological polar surface area (TPSA) is 59.0 Å². The van der Waals surface area contributed by atoms with E-state index in [-0.39, 0.29) is 0 Å². The quantitative estimate of drug-likeness (QED) is 0.485. The number of aromatic nitrogens is 2. The predicted molar refractivity (Wildman–Crippen MR) is 124 cm³/mol. The minimum atomic E-state index is 0.724. The molecule has 0 aliphatic carbocycles. The van der Waals surface area contributed by atoms with Gasteiger partial charge in [-0.05, 0) is 31.0 Å². The van der Waals surface area contributed by atoms with Crippen LogP contribution in [0.15, 0.2) is 72.8 Å². The normalized spacial score (nSPS) is 15.0. The Balaban J connectivity index is 1.48. The number of benzene rings is 3. The molecule has 5 nitrogen and oxygen atoms in total. The number of anilines is 1. The zero-order chi connectivity index (χ0) is 21.0. The largest absolute Gasteiger partial charge is 0.305 e. The van der Waals surface area contributed by atoms with E-state index < -0.39 is 0 Å². The van der Waals surface area contributed by atoms with Crippen LogP contribution in [-0.2, 0) is 6.54 Å². The number of hydrazine groups is 1. The van der Waals surface area contributed by atoms with Crippen molar-refractivity contribution in [2.45, 2.75) is 25.8 Å². The molecular formula is C26H25N5. The molecule has 0 spiro atoms. The summed E-state index contributed by atoms with van der Waals surface area (Å²) >= 11 is 0. The van der Waals surface area contributed by atoms with E-state index in [1.54, 1.807) is 0 Å². The third kappa shape index (κ3) is 3.90. The molecule has 0 radical (unpaired) electrons. The summed E-state index contributed by atoms with van der Waals surface area (Å²) in [4.78, 5) is 0. The van der Waals surface area contributed by atoms with E-state index in [1.165, 1.54) is 18.5 Å². The standard InChI is InChI=1S/C26H25N5/c27-18-21-13-14-26(24-12-6-5-11-23(21)24)31-16-8-2-7-15-30(31)19-22-17-25(29-28-22)20-9-3-1-4-10-20/h1,3-6,9-14,17H,2,7-8,15-16,19H2,(H,28,29). The molecule has 1 aliphatic heterocycles. The van der Waals surface area contributed by atoms with E-state index in [2.05, 4.69) is 62.7 Å². The molecule has 1 fully saturated rings. The molecule has 0 unspecified atom stereocenters. The fourth-order valence-electron chi connectivity index (χ4n) is 4.43. The highest BCUT2D eigenvalue weighted by Crippen LogP contribution is 2.32. The van der Waals surface area contributed by atoms with Gasteiger partial charge >= 0.3 is 0 Å². The lowest BCUT2D eigenvalue weighted by Gasteiger charge is -2.35. The molecule has 1 N–H and O–H groups in total. The lowest BCUT2D eigenvalue weighted by atomic mass is 10.0. The number of fused-ring (bicyclic) bond motifs is 1. The van der Waals surface area contributed by atoms with Gasteiger partial charge in [-0.1, -0.05) is 61.0 Å². The first-order valence-electron chi connectivity index (χ1n) is 10.9. The van der Waals surface area contributed by atoms with Crippen LogP contribution in [0.3, 0.4) is 0 Å². The van der Waals surface area contributed by atoms with Gasteiger partial charge in [-0.25, -0.2) is 5.01 Å². The third-order valence-electron chi connectivity index (χ3n) is 5.98. The monoisotopic (exact) mass is 407 g/mol. The molecule has 1 aliphatic rings. The Hall–Kier alpha value is -3.62. The summed E-state index contributed by atoms with van der Waals surface area (Å²) in [7, 11) is 0. The van der Waals surface area contributed by atoms with E-state index in [0.717, 1.165) is 59.3 Å². The molecule has 5 rings (SSSR count). The van der Waals surface area contributed by atoms with Crippen molar-refractivity contribution in [1.29, 1.82) is 5.26 Å². The second-order valence-electron chi connectivity index (χ2n) is 8.01. The molecule has 0 atom stereocenters. The van der Waals surface area contributed by atoms with Crippen LogP contribution in [0.25, 0.3) is 22.0 Å². The maximum absolute atomic E-state index is 9.54. The van der Waals surface area contributed by atoms with Crippen molar-refractivity contribution in [3.8, 4) is 17.3 Å². The van der Waals surface area contributed by atoms with Crippen LogP contribution in [-0.4, -0.2) is 28.3 Å². The van der Waals surface area contributed by atoms with Crippen LogP contribution in [0.1, 0.15) is 30.5 Å². The van der Waals surface area contributed by atoms with Crippen molar-refractivity contribution >= 4 is 16.5 Å². The first-order chi connectivity index (χ1) is 15.3. The van der Waals surface area contributed by atoms with Crippen molar-refractivity contribution in [3.63, 3.8) is 0 Å². The summed E-state index contributed by atoms with van der Waals surface area (Å²) in [6.45, 7) is 2.73. The van der Waals surface area contributed by atoms with Crippen LogP contribution >= 0.6 is 0 Å². The highest BCUT2D eigenvalue weighted by atomic mass is 15.6. The number of nitrogens with one attached hydrogen (secondary N) is 1. The van der Waals surface area contributed by atoms with Gasteiger partial charge in [0.15, 0.2) is 0 Å². The zero-order valence-corrected chi connectivity index (χ0v) is 17.5. The molecule has 1 aromatic heterocycles. The molecule has 4 aromatic rings. The highest BCUT2D eigenvalue weighted by molar-refractivity contribution is 5.97. The highest BCUT2D eigenvalue weighted by Gasteiger charge is 2.22. The van der Waals surface area contributed by atoms with E-state index in [1.807, 2.05) is 36.4 Å². The number of rotatable bonds is 4. The van der Waals surface area contributed by atoms with E-state index >= 15 is 0 Å². The van der Waals surface area contributed by atoms with Crippen molar-refractivity contribution in [2.24, 2.45) is 0 Å². The van der Waals surface area contributed by atoms with Gasteiger partial charge in [0.25, 0.3) is 0 Å². The predicted octanol–water partition coefficient (Wildman–Crippen LogP) is 5.51. The van der Waals surface area contributed by atoms with Crippen molar-refractivity contribution in [2.75, 3.05) is 18.1 Å². The summed E-state index contributed by atoms with van der Waals surface area (Å²) in [5.74, 6) is 0. The summed E-state index contributed by atoms with van der Waals surface area (Å²) < 4.78 is 0. The second kappa shape index (κ2) is 8.63. The molecule has 0 bridgehead atoms. The fraction of sp³-hybridized carbons (Fsp3) is 0.231. The second-order valence-corrected chi connectivity index (χ2v) is 8.01. The SMILES string of the molecule is N#Cc1ccc(N2CCCCCN2Cc2cc(-c3ccccc3)n[nH]2)c2ccccc12. The Bertz CT molecular complexity index is 1220. The fourth-order valence-corrected chi connectivity index (χ4v) is 4.43. The minimum Gasteiger partial charge on any atom is -0.305 e. The van der Waals surface area contributed by atoms with Crippen LogP contribution in [0.5, 0.6) is 0 Å². The molecule has 0 saturated carbocycles. The van der Waals surface area contributed by atoms with Gasteiger partial charge < -0.3 is 5.01 Å².